The van der Waals surface area contributed by atoms with E-state index in [9.17, 15) is 10.1 Å². The van der Waals surface area contributed by atoms with Gasteiger partial charge in [-0.3, -0.25) is 10.1 Å². The van der Waals surface area contributed by atoms with Gasteiger partial charge in [0.25, 0.3) is 5.69 Å². The minimum absolute atomic E-state index is 0.0203. The summed E-state index contributed by atoms with van der Waals surface area (Å²) >= 11 is 0. The average molecular weight is 251 g/mol. The molecule has 0 radical (unpaired) electrons. The van der Waals surface area contributed by atoms with Gasteiger partial charge in [-0.05, 0) is 31.7 Å². The molecular weight excluding hydrogens is 234 g/mol. The van der Waals surface area contributed by atoms with Crippen LogP contribution in [0.5, 0.6) is 0 Å². The maximum Gasteiger partial charge on any atom is 0.287 e. The first-order chi connectivity index (χ1) is 8.66. The van der Waals surface area contributed by atoms with Crippen molar-refractivity contribution in [1.82, 2.24) is 4.98 Å². The lowest BCUT2D eigenvalue weighted by atomic mass is 10.1. The Bertz CT molecular complexity index is 431. The summed E-state index contributed by atoms with van der Waals surface area (Å²) in [6, 6.07) is 1.52. The van der Waals surface area contributed by atoms with E-state index >= 15 is 0 Å². The Morgan fingerprint density at radius 1 is 1.61 bits per heavy atom. The molecule has 1 aromatic rings. The molecule has 6 heteroatoms. The second kappa shape index (κ2) is 5.77. The molecule has 2 rings (SSSR count). The van der Waals surface area contributed by atoms with E-state index < -0.39 is 4.92 Å². The number of rotatable bonds is 4. The Hall–Kier alpha value is -1.69. The SMILES string of the molecule is Cc1cc([N+](=O)[O-])cnc1NCC1CCCCO1. The molecule has 1 N–H and O–H groups in total. The monoisotopic (exact) mass is 251 g/mol. The number of nitro groups is 1. The van der Waals surface area contributed by atoms with Crippen molar-refractivity contribution in [2.75, 3.05) is 18.5 Å². The lowest BCUT2D eigenvalue weighted by Crippen LogP contribution is -2.27. The molecule has 0 bridgehead atoms. The molecule has 1 aromatic heterocycles. The van der Waals surface area contributed by atoms with Crippen LogP contribution in [0.25, 0.3) is 0 Å². The van der Waals surface area contributed by atoms with Crippen molar-refractivity contribution < 1.29 is 9.66 Å². The normalized spacial score (nSPS) is 19.5. The molecule has 0 spiro atoms. The number of pyridine rings is 1. The fourth-order valence-electron chi connectivity index (χ4n) is 2.02. The average Bonchev–Trinajstić information content (AvgIpc) is 2.38. The van der Waals surface area contributed by atoms with Crippen molar-refractivity contribution in [2.45, 2.75) is 32.3 Å². The molecule has 1 unspecified atom stereocenters. The number of ether oxygens (including phenoxy) is 1. The number of hydrogen-bond acceptors (Lipinski definition) is 5. The molecule has 0 saturated carbocycles. The van der Waals surface area contributed by atoms with E-state index in [1.165, 1.54) is 18.7 Å². The van der Waals surface area contributed by atoms with Gasteiger partial charge in [0.2, 0.25) is 0 Å². The molecule has 0 aliphatic carbocycles. The molecule has 98 valence electrons. The first-order valence-corrected chi connectivity index (χ1v) is 6.13. The number of hydrogen-bond donors (Lipinski definition) is 1. The van der Waals surface area contributed by atoms with Crippen LogP contribution in [0, 0.1) is 17.0 Å². The quantitative estimate of drug-likeness (QED) is 0.656. The topological polar surface area (TPSA) is 77.3 Å². The summed E-state index contributed by atoms with van der Waals surface area (Å²) < 4.78 is 5.60. The van der Waals surface area contributed by atoms with Crippen molar-refractivity contribution in [3.05, 3.63) is 27.9 Å². The number of anilines is 1. The Balaban J connectivity index is 1.94. The predicted octanol–water partition coefficient (Wildman–Crippen LogP) is 2.28. The van der Waals surface area contributed by atoms with Gasteiger partial charge in [-0.2, -0.15) is 0 Å². The first-order valence-electron chi connectivity index (χ1n) is 6.13. The standard InChI is InChI=1S/C12H17N3O3/c1-9-6-10(15(16)17)7-13-12(9)14-8-11-4-2-3-5-18-11/h6-7,11H,2-5,8H2,1H3,(H,13,14). The van der Waals surface area contributed by atoms with E-state index in [0.717, 1.165) is 25.0 Å². The molecule has 6 nitrogen and oxygen atoms in total. The molecule has 0 amide bonds. The third-order valence-electron chi connectivity index (χ3n) is 3.05. The smallest absolute Gasteiger partial charge is 0.287 e. The Kier molecular flexibility index (Phi) is 4.09. The van der Waals surface area contributed by atoms with Crippen LogP contribution in [-0.2, 0) is 4.74 Å². The van der Waals surface area contributed by atoms with Gasteiger partial charge in [0, 0.05) is 19.2 Å². The van der Waals surface area contributed by atoms with Crippen molar-refractivity contribution in [3.8, 4) is 0 Å². The molecule has 0 aromatic carbocycles. The summed E-state index contributed by atoms with van der Waals surface area (Å²) in [7, 11) is 0. The molecule has 1 fully saturated rings. The van der Waals surface area contributed by atoms with Crippen LogP contribution in [0.1, 0.15) is 24.8 Å². The Morgan fingerprint density at radius 3 is 3.06 bits per heavy atom. The predicted molar refractivity (Wildman–Crippen MR) is 67.7 cm³/mol. The Labute approximate surface area is 106 Å². The molecule has 18 heavy (non-hydrogen) atoms. The van der Waals surface area contributed by atoms with E-state index in [4.69, 9.17) is 4.74 Å². The van der Waals surface area contributed by atoms with Crippen LogP contribution in [-0.4, -0.2) is 29.2 Å². The van der Waals surface area contributed by atoms with E-state index in [-0.39, 0.29) is 11.8 Å². The van der Waals surface area contributed by atoms with Crippen LogP contribution in [0.15, 0.2) is 12.3 Å². The molecule has 1 atom stereocenters. The summed E-state index contributed by atoms with van der Waals surface area (Å²) in [5.74, 6) is 0.690. The number of aryl methyl sites for hydroxylation is 1. The fraction of sp³-hybridized carbons (Fsp3) is 0.583. The van der Waals surface area contributed by atoms with Crippen molar-refractivity contribution in [1.29, 1.82) is 0 Å². The second-order valence-corrected chi connectivity index (χ2v) is 4.49. The molecular formula is C12H17N3O3. The van der Waals surface area contributed by atoms with E-state index in [0.29, 0.717) is 12.4 Å². The van der Waals surface area contributed by atoms with E-state index in [1.54, 1.807) is 0 Å². The van der Waals surface area contributed by atoms with Crippen molar-refractivity contribution in [2.24, 2.45) is 0 Å². The highest BCUT2D eigenvalue weighted by Gasteiger charge is 2.15. The first kappa shape index (κ1) is 12.8. The van der Waals surface area contributed by atoms with Crippen LogP contribution in [0.4, 0.5) is 11.5 Å². The zero-order valence-corrected chi connectivity index (χ0v) is 10.4. The summed E-state index contributed by atoms with van der Waals surface area (Å²) in [5, 5.41) is 13.8. The number of nitrogens with one attached hydrogen (secondary N) is 1. The largest absolute Gasteiger partial charge is 0.376 e. The van der Waals surface area contributed by atoms with Gasteiger partial charge >= 0.3 is 0 Å². The van der Waals surface area contributed by atoms with Gasteiger partial charge in [0.15, 0.2) is 0 Å². The summed E-state index contributed by atoms with van der Waals surface area (Å²) in [6.45, 7) is 3.33. The van der Waals surface area contributed by atoms with Crippen LogP contribution < -0.4 is 5.32 Å². The summed E-state index contributed by atoms with van der Waals surface area (Å²) in [5.41, 5.74) is 0.798. The zero-order valence-electron chi connectivity index (χ0n) is 10.4. The lowest BCUT2D eigenvalue weighted by molar-refractivity contribution is -0.385. The lowest BCUT2D eigenvalue weighted by Gasteiger charge is -2.23. The van der Waals surface area contributed by atoms with Crippen molar-refractivity contribution >= 4 is 11.5 Å². The van der Waals surface area contributed by atoms with Gasteiger partial charge in [-0.15, -0.1) is 0 Å². The van der Waals surface area contributed by atoms with E-state index in [1.807, 2.05) is 6.92 Å². The van der Waals surface area contributed by atoms with Crippen LogP contribution in [0.2, 0.25) is 0 Å². The van der Waals surface area contributed by atoms with Gasteiger partial charge in [-0.1, -0.05) is 0 Å². The zero-order chi connectivity index (χ0) is 13.0. The van der Waals surface area contributed by atoms with E-state index in [2.05, 4.69) is 10.3 Å². The third kappa shape index (κ3) is 3.16. The molecule has 1 aliphatic rings. The molecule has 2 heterocycles. The van der Waals surface area contributed by atoms with Gasteiger partial charge < -0.3 is 10.1 Å². The minimum Gasteiger partial charge on any atom is -0.376 e. The maximum absolute atomic E-state index is 10.6. The van der Waals surface area contributed by atoms with Gasteiger partial charge in [-0.25, -0.2) is 4.98 Å². The third-order valence-corrected chi connectivity index (χ3v) is 3.05. The second-order valence-electron chi connectivity index (χ2n) is 4.49. The summed E-state index contributed by atoms with van der Waals surface area (Å²) in [6.07, 6.45) is 4.87. The van der Waals surface area contributed by atoms with Crippen molar-refractivity contribution in [3.63, 3.8) is 0 Å². The number of nitrogens with zero attached hydrogens (tertiary/aromatic N) is 2. The molecule has 1 saturated heterocycles. The van der Waals surface area contributed by atoms with Crippen LogP contribution in [0.3, 0.4) is 0 Å². The summed E-state index contributed by atoms with van der Waals surface area (Å²) in [4.78, 5) is 14.2. The number of aromatic nitrogens is 1. The fourth-order valence-corrected chi connectivity index (χ4v) is 2.02. The highest BCUT2D eigenvalue weighted by Crippen LogP contribution is 2.19. The van der Waals surface area contributed by atoms with Gasteiger partial charge in [0.1, 0.15) is 12.0 Å². The highest BCUT2D eigenvalue weighted by atomic mass is 16.6. The highest BCUT2D eigenvalue weighted by molar-refractivity contribution is 5.48. The minimum atomic E-state index is -0.436. The van der Waals surface area contributed by atoms with Crippen LogP contribution >= 0.6 is 0 Å². The Morgan fingerprint density at radius 2 is 2.44 bits per heavy atom. The maximum atomic E-state index is 10.6. The molecule has 1 aliphatic heterocycles. The van der Waals surface area contributed by atoms with Gasteiger partial charge in [0.05, 0.1) is 11.0 Å².